The SMILES string of the molecule is CCOC(OCC)C(C)Cc1ccc(C(C)C)cc1. The van der Waals surface area contributed by atoms with E-state index in [1.54, 1.807) is 0 Å². The standard InChI is InChI=1S/C17H28O2/c1-6-18-17(19-7-2)14(5)12-15-8-10-16(11-9-15)13(3)4/h8-11,13-14,17H,6-7,12H2,1-5H3. The van der Waals surface area contributed by atoms with E-state index >= 15 is 0 Å². The first-order chi connectivity index (χ1) is 9.08. The Hall–Kier alpha value is -0.860. The minimum atomic E-state index is -0.0974. The Labute approximate surface area is 118 Å². The van der Waals surface area contributed by atoms with Crippen molar-refractivity contribution < 1.29 is 9.47 Å². The molecule has 0 fully saturated rings. The molecule has 0 saturated heterocycles. The number of ether oxygens (including phenoxy) is 2. The van der Waals surface area contributed by atoms with Crippen LogP contribution in [0.2, 0.25) is 0 Å². The molecule has 1 rings (SSSR count). The lowest BCUT2D eigenvalue weighted by Crippen LogP contribution is -2.27. The van der Waals surface area contributed by atoms with Crippen LogP contribution in [0.15, 0.2) is 24.3 Å². The van der Waals surface area contributed by atoms with Crippen LogP contribution in [0.25, 0.3) is 0 Å². The van der Waals surface area contributed by atoms with Crippen molar-refractivity contribution in [3.05, 3.63) is 35.4 Å². The van der Waals surface area contributed by atoms with E-state index in [1.807, 2.05) is 13.8 Å². The predicted molar refractivity (Wildman–Crippen MR) is 80.4 cm³/mol. The van der Waals surface area contributed by atoms with Gasteiger partial charge in [-0.1, -0.05) is 45.0 Å². The Morgan fingerprint density at radius 1 is 0.895 bits per heavy atom. The van der Waals surface area contributed by atoms with Crippen LogP contribution in [0.5, 0.6) is 0 Å². The van der Waals surface area contributed by atoms with Gasteiger partial charge >= 0.3 is 0 Å². The molecule has 0 heterocycles. The van der Waals surface area contributed by atoms with Gasteiger partial charge in [-0.2, -0.15) is 0 Å². The van der Waals surface area contributed by atoms with Crippen molar-refractivity contribution in [2.24, 2.45) is 5.92 Å². The molecule has 0 saturated carbocycles. The molecule has 0 aliphatic carbocycles. The summed E-state index contributed by atoms with van der Waals surface area (Å²) >= 11 is 0. The first-order valence-corrected chi connectivity index (χ1v) is 7.40. The molecule has 1 atom stereocenters. The molecule has 108 valence electrons. The molecule has 19 heavy (non-hydrogen) atoms. The second-order valence-corrected chi connectivity index (χ2v) is 5.36. The Kier molecular flexibility index (Phi) is 7.11. The molecule has 2 heteroatoms. The number of hydrogen-bond donors (Lipinski definition) is 0. The quantitative estimate of drug-likeness (QED) is 0.648. The molecular formula is C17H28O2. The molecule has 1 aromatic rings. The first kappa shape index (κ1) is 16.2. The maximum Gasteiger partial charge on any atom is 0.160 e. The lowest BCUT2D eigenvalue weighted by molar-refractivity contribution is -0.163. The zero-order valence-corrected chi connectivity index (χ0v) is 13.0. The van der Waals surface area contributed by atoms with Crippen LogP contribution in [-0.4, -0.2) is 19.5 Å². The summed E-state index contributed by atoms with van der Waals surface area (Å²) in [7, 11) is 0. The van der Waals surface area contributed by atoms with E-state index in [1.165, 1.54) is 11.1 Å². The molecule has 2 nitrogen and oxygen atoms in total. The summed E-state index contributed by atoms with van der Waals surface area (Å²) in [6.45, 7) is 12.0. The predicted octanol–water partition coefficient (Wildman–Crippen LogP) is 4.39. The lowest BCUT2D eigenvalue weighted by Gasteiger charge is -2.23. The van der Waals surface area contributed by atoms with Gasteiger partial charge in [-0.25, -0.2) is 0 Å². The van der Waals surface area contributed by atoms with Crippen molar-refractivity contribution in [1.29, 1.82) is 0 Å². The van der Waals surface area contributed by atoms with Crippen LogP contribution in [0.4, 0.5) is 0 Å². The summed E-state index contributed by atoms with van der Waals surface area (Å²) in [4.78, 5) is 0. The molecule has 0 radical (unpaired) electrons. The van der Waals surface area contributed by atoms with E-state index in [0.29, 0.717) is 25.0 Å². The van der Waals surface area contributed by atoms with Gasteiger partial charge in [0.15, 0.2) is 6.29 Å². The van der Waals surface area contributed by atoms with Crippen molar-refractivity contribution in [3.8, 4) is 0 Å². The zero-order valence-electron chi connectivity index (χ0n) is 13.0. The second-order valence-electron chi connectivity index (χ2n) is 5.36. The van der Waals surface area contributed by atoms with E-state index < -0.39 is 0 Å². The Morgan fingerprint density at radius 3 is 1.84 bits per heavy atom. The van der Waals surface area contributed by atoms with Gasteiger partial charge in [0.2, 0.25) is 0 Å². The van der Waals surface area contributed by atoms with Crippen LogP contribution < -0.4 is 0 Å². The largest absolute Gasteiger partial charge is 0.353 e. The lowest BCUT2D eigenvalue weighted by atomic mass is 9.96. The fourth-order valence-corrected chi connectivity index (χ4v) is 2.21. The fourth-order valence-electron chi connectivity index (χ4n) is 2.21. The van der Waals surface area contributed by atoms with E-state index in [-0.39, 0.29) is 6.29 Å². The van der Waals surface area contributed by atoms with Crippen molar-refractivity contribution in [2.45, 2.75) is 53.2 Å². The van der Waals surface area contributed by atoms with Gasteiger partial charge in [0.1, 0.15) is 0 Å². The third kappa shape index (κ3) is 5.33. The first-order valence-electron chi connectivity index (χ1n) is 7.40. The van der Waals surface area contributed by atoms with Crippen LogP contribution in [0, 0.1) is 5.92 Å². The normalized spacial score (nSPS) is 13.2. The molecular weight excluding hydrogens is 236 g/mol. The van der Waals surface area contributed by atoms with E-state index in [4.69, 9.17) is 9.47 Å². The molecule has 0 aliphatic heterocycles. The van der Waals surface area contributed by atoms with Gasteiger partial charge in [0.25, 0.3) is 0 Å². The van der Waals surface area contributed by atoms with Crippen molar-refractivity contribution >= 4 is 0 Å². The van der Waals surface area contributed by atoms with Gasteiger partial charge in [0, 0.05) is 19.1 Å². The van der Waals surface area contributed by atoms with Gasteiger partial charge in [-0.3, -0.25) is 0 Å². The molecule has 0 spiro atoms. The Bertz CT molecular complexity index is 337. The van der Waals surface area contributed by atoms with E-state index in [0.717, 1.165) is 6.42 Å². The van der Waals surface area contributed by atoms with Crippen molar-refractivity contribution in [1.82, 2.24) is 0 Å². The maximum atomic E-state index is 5.66. The summed E-state index contributed by atoms with van der Waals surface area (Å²) in [6.07, 6.45) is 0.892. The van der Waals surface area contributed by atoms with Gasteiger partial charge in [0.05, 0.1) is 0 Å². The van der Waals surface area contributed by atoms with Gasteiger partial charge < -0.3 is 9.47 Å². The average molecular weight is 264 g/mol. The van der Waals surface area contributed by atoms with E-state index in [9.17, 15) is 0 Å². The zero-order chi connectivity index (χ0) is 14.3. The molecule has 0 bridgehead atoms. The smallest absolute Gasteiger partial charge is 0.160 e. The van der Waals surface area contributed by atoms with Crippen LogP contribution in [0.3, 0.4) is 0 Å². The summed E-state index contributed by atoms with van der Waals surface area (Å²) < 4.78 is 11.3. The summed E-state index contributed by atoms with van der Waals surface area (Å²) in [5.41, 5.74) is 2.74. The molecule has 0 N–H and O–H groups in total. The number of hydrogen-bond acceptors (Lipinski definition) is 2. The van der Waals surface area contributed by atoms with Crippen LogP contribution >= 0.6 is 0 Å². The molecule has 0 aromatic heterocycles. The molecule has 1 aromatic carbocycles. The van der Waals surface area contributed by atoms with Gasteiger partial charge in [-0.15, -0.1) is 0 Å². The van der Waals surface area contributed by atoms with Crippen LogP contribution in [-0.2, 0) is 15.9 Å². The molecule has 1 unspecified atom stereocenters. The van der Waals surface area contributed by atoms with E-state index in [2.05, 4.69) is 45.0 Å². The fraction of sp³-hybridized carbons (Fsp3) is 0.647. The summed E-state index contributed by atoms with van der Waals surface area (Å²) in [6, 6.07) is 8.90. The van der Waals surface area contributed by atoms with Crippen molar-refractivity contribution in [3.63, 3.8) is 0 Å². The number of benzene rings is 1. The number of rotatable bonds is 8. The highest BCUT2D eigenvalue weighted by Gasteiger charge is 2.18. The highest BCUT2D eigenvalue weighted by molar-refractivity contribution is 5.24. The topological polar surface area (TPSA) is 18.5 Å². The van der Waals surface area contributed by atoms with Crippen LogP contribution in [0.1, 0.15) is 51.7 Å². The monoisotopic (exact) mass is 264 g/mol. The summed E-state index contributed by atoms with van der Waals surface area (Å²) in [5.74, 6) is 0.955. The third-order valence-corrected chi connectivity index (χ3v) is 3.33. The maximum absolute atomic E-state index is 5.66. The summed E-state index contributed by atoms with van der Waals surface area (Å²) in [5, 5.41) is 0. The average Bonchev–Trinajstić information content (AvgIpc) is 2.39. The third-order valence-electron chi connectivity index (χ3n) is 3.33. The minimum absolute atomic E-state index is 0.0974. The highest BCUT2D eigenvalue weighted by atomic mass is 16.7. The molecule has 0 aliphatic rings. The van der Waals surface area contributed by atoms with Gasteiger partial charge in [-0.05, 0) is 37.3 Å². The Balaban J connectivity index is 2.61. The molecule has 0 amide bonds. The van der Waals surface area contributed by atoms with Crippen molar-refractivity contribution in [2.75, 3.05) is 13.2 Å². The highest BCUT2D eigenvalue weighted by Crippen LogP contribution is 2.19. The minimum Gasteiger partial charge on any atom is -0.353 e. The Morgan fingerprint density at radius 2 is 1.42 bits per heavy atom. The second kappa shape index (κ2) is 8.34.